The first kappa shape index (κ1) is 19.7. The van der Waals surface area contributed by atoms with Gasteiger partial charge in [0, 0.05) is 15.8 Å². The van der Waals surface area contributed by atoms with Crippen LogP contribution in [-0.4, -0.2) is 16.5 Å². The van der Waals surface area contributed by atoms with Crippen LogP contribution in [0.5, 0.6) is 0 Å². The molecule has 152 valence electrons. The molecule has 0 aliphatic heterocycles. The van der Waals surface area contributed by atoms with Gasteiger partial charge in [0.15, 0.2) is 0 Å². The summed E-state index contributed by atoms with van der Waals surface area (Å²) in [5.41, 5.74) is 1.57. The third-order valence-corrected chi connectivity index (χ3v) is 5.13. The fourth-order valence-electron chi connectivity index (χ4n) is 3.91. The molecule has 1 unspecified atom stereocenters. The average Bonchev–Trinajstić information content (AvgIpc) is 3.11. The number of benzene rings is 3. The first-order valence-corrected chi connectivity index (χ1v) is 9.30. The van der Waals surface area contributed by atoms with Crippen LogP contribution in [0.3, 0.4) is 0 Å². The molecule has 0 fully saturated rings. The quantitative estimate of drug-likeness (QED) is 0.312. The second-order valence-corrected chi connectivity index (χ2v) is 6.98. The Kier molecular flexibility index (Phi) is 5.03. The van der Waals surface area contributed by atoms with Crippen LogP contribution in [0.2, 0.25) is 0 Å². The summed E-state index contributed by atoms with van der Waals surface area (Å²) in [6.45, 7) is -0.658. The van der Waals surface area contributed by atoms with Crippen molar-refractivity contribution >= 4 is 10.9 Å². The fourth-order valence-corrected chi connectivity index (χ4v) is 3.91. The molecule has 3 aromatic carbocycles. The van der Waals surface area contributed by atoms with Crippen molar-refractivity contribution in [3.8, 4) is 11.3 Å². The first-order chi connectivity index (χ1) is 14.4. The molecule has 0 spiro atoms. The van der Waals surface area contributed by atoms with Crippen LogP contribution in [0, 0.1) is 10.1 Å². The van der Waals surface area contributed by atoms with E-state index in [-0.39, 0.29) is 5.56 Å². The molecular formula is C23H17F3N2O2. The van der Waals surface area contributed by atoms with E-state index >= 15 is 0 Å². The summed E-state index contributed by atoms with van der Waals surface area (Å²) in [5, 5.41) is 12.2. The predicted molar refractivity (Wildman–Crippen MR) is 109 cm³/mol. The Morgan fingerprint density at radius 1 is 0.900 bits per heavy atom. The number of hydrogen-bond acceptors (Lipinski definition) is 2. The standard InChI is InChI=1S/C23H17F3N2O2/c24-23(25,26)19-12-6-4-10-16(19)18(14-28(29)30)21-17-11-5-7-13-20(17)27-22(21)15-8-2-1-3-9-15/h1-13,18,27H,14H2. The molecule has 4 nitrogen and oxygen atoms in total. The SMILES string of the molecule is O=[N+]([O-])CC(c1ccccc1C(F)(F)F)c1c(-c2ccccc2)[nH]c2ccccc12. The molecule has 4 aromatic rings. The van der Waals surface area contributed by atoms with Gasteiger partial charge in [0.05, 0.1) is 17.2 Å². The monoisotopic (exact) mass is 410 g/mol. The van der Waals surface area contributed by atoms with Crippen LogP contribution in [0.1, 0.15) is 22.6 Å². The number of aromatic amines is 1. The van der Waals surface area contributed by atoms with Gasteiger partial charge in [-0.3, -0.25) is 10.1 Å². The van der Waals surface area contributed by atoms with Crippen molar-refractivity contribution in [2.24, 2.45) is 0 Å². The normalized spacial score (nSPS) is 12.8. The van der Waals surface area contributed by atoms with Gasteiger partial charge in [0.2, 0.25) is 6.54 Å². The van der Waals surface area contributed by atoms with E-state index in [1.807, 2.05) is 42.5 Å². The summed E-state index contributed by atoms with van der Waals surface area (Å²) >= 11 is 0. The largest absolute Gasteiger partial charge is 0.416 e. The van der Waals surface area contributed by atoms with E-state index in [9.17, 15) is 23.3 Å². The number of nitrogens with one attached hydrogen (secondary N) is 1. The number of nitro groups is 1. The number of alkyl halides is 3. The van der Waals surface area contributed by atoms with Crippen molar-refractivity contribution in [3.63, 3.8) is 0 Å². The van der Waals surface area contributed by atoms with E-state index in [1.165, 1.54) is 18.2 Å². The highest BCUT2D eigenvalue weighted by Gasteiger charge is 2.38. The predicted octanol–water partition coefficient (Wildman–Crippen LogP) is 6.26. The number of nitrogens with zero attached hydrogens (tertiary/aromatic N) is 1. The van der Waals surface area contributed by atoms with E-state index in [1.54, 1.807) is 12.1 Å². The van der Waals surface area contributed by atoms with Gasteiger partial charge in [-0.1, -0.05) is 66.7 Å². The summed E-state index contributed by atoms with van der Waals surface area (Å²) in [5.74, 6) is -1.08. The Balaban J connectivity index is 2.04. The lowest BCUT2D eigenvalue weighted by Gasteiger charge is -2.20. The lowest BCUT2D eigenvalue weighted by Crippen LogP contribution is -2.19. The minimum atomic E-state index is -4.62. The third kappa shape index (κ3) is 3.66. The van der Waals surface area contributed by atoms with Crippen molar-refractivity contribution in [1.82, 2.24) is 4.98 Å². The molecule has 1 atom stereocenters. The Hall–Kier alpha value is -3.61. The highest BCUT2D eigenvalue weighted by atomic mass is 19.4. The number of rotatable bonds is 5. The van der Waals surface area contributed by atoms with Crippen LogP contribution in [0.4, 0.5) is 13.2 Å². The lowest BCUT2D eigenvalue weighted by molar-refractivity contribution is -0.481. The Morgan fingerprint density at radius 2 is 1.53 bits per heavy atom. The molecule has 30 heavy (non-hydrogen) atoms. The first-order valence-electron chi connectivity index (χ1n) is 9.30. The van der Waals surface area contributed by atoms with Crippen LogP contribution in [-0.2, 0) is 6.18 Å². The molecule has 0 amide bonds. The molecule has 1 N–H and O–H groups in total. The van der Waals surface area contributed by atoms with E-state index in [0.717, 1.165) is 11.6 Å². The molecule has 1 aromatic heterocycles. The van der Waals surface area contributed by atoms with Crippen molar-refractivity contribution < 1.29 is 18.1 Å². The maximum Gasteiger partial charge on any atom is 0.416 e. The van der Waals surface area contributed by atoms with E-state index < -0.39 is 29.1 Å². The second-order valence-electron chi connectivity index (χ2n) is 6.98. The number of para-hydroxylation sites is 1. The maximum atomic E-state index is 13.7. The highest BCUT2D eigenvalue weighted by molar-refractivity contribution is 5.92. The van der Waals surface area contributed by atoms with Gasteiger partial charge in [-0.25, -0.2) is 0 Å². The molecule has 0 aliphatic rings. The Labute approximate surface area is 170 Å². The Bertz CT molecular complexity index is 1200. The van der Waals surface area contributed by atoms with Gasteiger partial charge in [0.1, 0.15) is 0 Å². The third-order valence-electron chi connectivity index (χ3n) is 5.13. The van der Waals surface area contributed by atoms with Crippen molar-refractivity contribution in [3.05, 3.63) is 106 Å². The van der Waals surface area contributed by atoms with Crippen LogP contribution in [0.25, 0.3) is 22.2 Å². The number of hydrogen-bond donors (Lipinski definition) is 1. The molecule has 0 radical (unpaired) electrons. The van der Waals surface area contributed by atoms with Crippen LogP contribution in [0.15, 0.2) is 78.9 Å². The highest BCUT2D eigenvalue weighted by Crippen LogP contribution is 2.43. The maximum absolute atomic E-state index is 13.7. The van der Waals surface area contributed by atoms with Crippen LogP contribution < -0.4 is 0 Å². The molecule has 0 aliphatic carbocycles. The van der Waals surface area contributed by atoms with Gasteiger partial charge in [-0.15, -0.1) is 0 Å². The van der Waals surface area contributed by atoms with Gasteiger partial charge in [0.25, 0.3) is 0 Å². The molecule has 0 bridgehead atoms. The van der Waals surface area contributed by atoms with Gasteiger partial charge >= 0.3 is 6.18 Å². The molecule has 7 heteroatoms. The van der Waals surface area contributed by atoms with E-state index in [0.29, 0.717) is 22.2 Å². The van der Waals surface area contributed by atoms with E-state index in [4.69, 9.17) is 0 Å². The number of halogens is 3. The van der Waals surface area contributed by atoms with Crippen molar-refractivity contribution in [2.45, 2.75) is 12.1 Å². The van der Waals surface area contributed by atoms with Gasteiger partial charge < -0.3 is 4.98 Å². The summed E-state index contributed by atoms with van der Waals surface area (Å²) < 4.78 is 41.2. The summed E-state index contributed by atoms with van der Waals surface area (Å²) in [6.07, 6.45) is -4.62. The molecular weight excluding hydrogens is 393 g/mol. The number of aromatic nitrogens is 1. The van der Waals surface area contributed by atoms with E-state index in [2.05, 4.69) is 4.98 Å². The van der Waals surface area contributed by atoms with Crippen molar-refractivity contribution in [1.29, 1.82) is 0 Å². The molecule has 0 saturated carbocycles. The minimum Gasteiger partial charge on any atom is -0.354 e. The Morgan fingerprint density at radius 3 is 2.23 bits per heavy atom. The zero-order valence-electron chi connectivity index (χ0n) is 15.7. The number of fused-ring (bicyclic) bond motifs is 1. The fraction of sp³-hybridized carbons (Fsp3) is 0.130. The van der Waals surface area contributed by atoms with Gasteiger partial charge in [-0.05, 0) is 28.8 Å². The van der Waals surface area contributed by atoms with Crippen molar-refractivity contribution in [2.75, 3.05) is 6.54 Å². The zero-order chi connectivity index (χ0) is 21.3. The molecule has 4 rings (SSSR count). The lowest BCUT2D eigenvalue weighted by atomic mass is 9.85. The number of H-pyrrole nitrogens is 1. The molecule has 0 saturated heterocycles. The summed E-state index contributed by atoms with van der Waals surface area (Å²) in [6, 6.07) is 21.4. The minimum absolute atomic E-state index is 0.108. The average molecular weight is 410 g/mol. The smallest absolute Gasteiger partial charge is 0.354 e. The zero-order valence-corrected chi connectivity index (χ0v) is 15.7. The summed E-state index contributed by atoms with van der Waals surface area (Å²) in [7, 11) is 0. The van der Waals surface area contributed by atoms with Gasteiger partial charge in [-0.2, -0.15) is 13.2 Å². The topological polar surface area (TPSA) is 58.9 Å². The summed E-state index contributed by atoms with van der Waals surface area (Å²) in [4.78, 5) is 14.2. The van der Waals surface area contributed by atoms with Crippen LogP contribution >= 0.6 is 0 Å². The second kappa shape index (κ2) is 7.67. The molecule has 1 heterocycles.